The van der Waals surface area contributed by atoms with E-state index in [9.17, 15) is 13.6 Å². The Hall–Kier alpha value is -7.27. The van der Waals surface area contributed by atoms with Gasteiger partial charge in [0.15, 0.2) is 46.1 Å². The molecule has 0 atom stereocenters. The molecule has 0 aliphatic carbocycles. The van der Waals surface area contributed by atoms with Gasteiger partial charge in [0.25, 0.3) is 0 Å². The van der Waals surface area contributed by atoms with E-state index in [0.29, 0.717) is 79.7 Å². The quantitative estimate of drug-likeness (QED) is 0.120. The molecule has 324 valence electrons. The molecule has 0 spiro atoms. The smallest absolute Gasteiger partial charge is 0.230 e. The third-order valence-corrected chi connectivity index (χ3v) is 11.2. The fourth-order valence-electron chi connectivity index (χ4n) is 7.83. The molecule has 2 saturated heterocycles. The molecule has 10 rings (SSSR count). The van der Waals surface area contributed by atoms with Gasteiger partial charge >= 0.3 is 0 Å². The van der Waals surface area contributed by atoms with E-state index in [0.717, 1.165) is 38.8 Å². The number of nitrogens with one attached hydrogen (secondary N) is 3. The first-order chi connectivity index (χ1) is 30.8. The number of nitrogens with zero attached hydrogens (tertiary/aromatic N) is 5. The summed E-state index contributed by atoms with van der Waals surface area (Å²) < 4.78 is 65.0. The lowest BCUT2D eigenvalue weighted by Gasteiger charge is -2.31. The zero-order valence-corrected chi connectivity index (χ0v) is 34.7. The first-order valence-electron chi connectivity index (χ1n) is 20.6. The van der Waals surface area contributed by atoms with Gasteiger partial charge in [-0.2, -0.15) is 0 Å². The minimum atomic E-state index is -0.470. The van der Waals surface area contributed by atoms with E-state index in [2.05, 4.69) is 35.2 Å². The van der Waals surface area contributed by atoms with Gasteiger partial charge in [0.1, 0.15) is 24.9 Å². The Kier molecular flexibility index (Phi) is 11.7. The van der Waals surface area contributed by atoms with Crippen LogP contribution in [-0.4, -0.2) is 93.3 Å². The number of aromatic amines is 2. The summed E-state index contributed by atoms with van der Waals surface area (Å²) >= 11 is 0. The molecule has 1 amide bonds. The predicted octanol–water partition coefficient (Wildman–Crippen LogP) is 8.62. The average molecular weight is 859 g/mol. The Balaban J connectivity index is 0.000000161. The first-order valence-corrected chi connectivity index (χ1v) is 20.6. The zero-order valence-electron chi connectivity index (χ0n) is 34.7. The van der Waals surface area contributed by atoms with Crippen molar-refractivity contribution in [1.29, 1.82) is 0 Å². The summed E-state index contributed by atoms with van der Waals surface area (Å²) in [5.41, 5.74) is 2.59. The van der Waals surface area contributed by atoms with E-state index in [-0.39, 0.29) is 41.4 Å². The molecule has 4 aromatic heterocycles. The molecule has 2 fully saturated rings. The van der Waals surface area contributed by atoms with Crippen LogP contribution in [0.1, 0.15) is 32.6 Å². The molecule has 2 aliphatic rings. The number of carbonyl (C=O) groups excluding carboxylic acids is 1. The lowest BCUT2D eigenvalue weighted by Crippen LogP contribution is -2.40. The molecule has 0 radical (unpaired) electrons. The molecular weight excluding hydrogens is 815 g/mol. The number of benzene rings is 4. The third kappa shape index (κ3) is 8.64. The summed E-state index contributed by atoms with van der Waals surface area (Å²) in [7, 11) is 3.16. The molecule has 17 heteroatoms. The number of likely N-dealkylation sites (tertiary alicyclic amines) is 1. The third-order valence-electron chi connectivity index (χ3n) is 11.2. The van der Waals surface area contributed by atoms with E-state index in [1.807, 2.05) is 4.90 Å². The topological polar surface area (TPSA) is 171 Å². The highest BCUT2D eigenvalue weighted by Crippen LogP contribution is 2.40. The number of rotatable bonds is 10. The number of ether oxygens (including phenoxy) is 6. The summed E-state index contributed by atoms with van der Waals surface area (Å²) in [6.07, 6.45) is 9.42. The number of fused-ring (bicyclic) bond motifs is 4. The molecule has 63 heavy (non-hydrogen) atoms. The van der Waals surface area contributed by atoms with Crippen LogP contribution in [0.3, 0.4) is 0 Å². The standard InChI is InChI=1S/C24H23FN4O4.C22H21FN4O3/c1-14(30)29-9-6-15(7-10-29)32-22-11-17-19(12-21(22)31-2)27-13-28-24(17)33-20-4-3-18-16(23(20)25)5-8-26-18;1-28-19-11-17-15(10-20(19)29-13-4-7-24-8-5-13)22(27-12-26-17)30-18-3-2-16-14(21(18)23)6-9-25-16/h3-5,8,11-13,15,26H,6-7,9-10H2,1-2H3;2-3,6,9-13,24-25H,4-5,7-8H2,1H3. The van der Waals surface area contributed by atoms with Gasteiger partial charge < -0.3 is 48.6 Å². The Bertz CT molecular complexity index is 2930. The molecule has 0 unspecified atom stereocenters. The Morgan fingerprint density at radius 1 is 0.603 bits per heavy atom. The maximum Gasteiger partial charge on any atom is 0.230 e. The first kappa shape index (κ1) is 41.1. The van der Waals surface area contributed by atoms with Crippen molar-refractivity contribution in [2.75, 3.05) is 40.4 Å². The summed E-state index contributed by atoms with van der Waals surface area (Å²) in [6, 6.07) is 17.1. The second-order valence-electron chi connectivity index (χ2n) is 15.1. The number of hydrogen-bond donors (Lipinski definition) is 3. The highest BCUT2D eigenvalue weighted by molar-refractivity contribution is 5.89. The van der Waals surface area contributed by atoms with Gasteiger partial charge in [0.05, 0.1) is 36.0 Å². The van der Waals surface area contributed by atoms with Crippen molar-refractivity contribution in [1.82, 2.24) is 40.1 Å². The molecular formula is C46H44F2N8O7. The number of H-pyrrole nitrogens is 2. The van der Waals surface area contributed by atoms with Gasteiger partial charge in [-0.1, -0.05) is 0 Å². The van der Waals surface area contributed by atoms with Gasteiger partial charge in [-0.25, -0.2) is 28.7 Å². The van der Waals surface area contributed by atoms with Crippen LogP contribution in [-0.2, 0) is 4.79 Å². The van der Waals surface area contributed by atoms with Gasteiger partial charge in [0.2, 0.25) is 17.7 Å². The maximum atomic E-state index is 14.9. The van der Waals surface area contributed by atoms with Crippen LogP contribution in [0.15, 0.2) is 85.7 Å². The largest absolute Gasteiger partial charge is 0.493 e. The number of aromatic nitrogens is 6. The minimum absolute atomic E-state index is 0.0607. The maximum absolute atomic E-state index is 14.9. The SMILES string of the molecule is COc1cc2ncnc(Oc3ccc4[nH]ccc4c3F)c2cc1OC1CCN(C(C)=O)CC1.COc1cc2ncnc(Oc3ccc4[nH]ccc4c3F)c2cc1OC1CCNCC1. The number of hydrogen-bond acceptors (Lipinski definition) is 12. The van der Waals surface area contributed by atoms with Gasteiger partial charge in [-0.05, 0) is 74.5 Å². The highest BCUT2D eigenvalue weighted by Gasteiger charge is 2.25. The second kappa shape index (κ2) is 18.0. The van der Waals surface area contributed by atoms with Crippen LogP contribution in [0.4, 0.5) is 8.78 Å². The molecule has 15 nitrogen and oxygen atoms in total. The number of amides is 1. The highest BCUT2D eigenvalue weighted by atomic mass is 19.1. The van der Waals surface area contributed by atoms with Crippen molar-refractivity contribution in [3.63, 3.8) is 0 Å². The van der Waals surface area contributed by atoms with E-state index in [1.165, 1.54) is 12.7 Å². The van der Waals surface area contributed by atoms with Crippen LogP contribution < -0.4 is 33.7 Å². The summed E-state index contributed by atoms with van der Waals surface area (Å²) in [5.74, 6) is 2.02. The van der Waals surface area contributed by atoms with E-state index >= 15 is 0 Å². The summed E-state index contributed by atoms with van der Waals surface area (Å²) in [4.78, 5) is 36.4. The van der Waals surface area contributed by atoms with Crippen molar-refractivity contribution in [2.24, 2.45) is 0 Å². The number of methoxy groups -OCH3 is 2. The minimum Gasteiger partial charge on any atom is -0.493 e. The lowest BCUT2D eigenvalue weighted by molar-refractivity contribution is -0.130. The van der Waals surface area contributed by atoms with E-state index < -0.39 is 11.6 Å². The van der Waals surface area contributed by atoms with Crippen molar-refractivity contribution >= 4 is 49.5 Å². The van der Waals surface area contributed by atoms with Crippen LogP contribution in [0.2, 0.25) is 0 Å². The molecule has 3 N–H and O–H groups in total. The molecule has 6 heterocycles. The summed E-state index contributed by atoms with van der Waals surface area (Å²) in [5, 5.41) is 5.41. The Morgan fingerprint density at radius 3 is 1.54 bits per heavy atom. The van der Waals surface area contributed by atoms with Gasteiger partial charge in [-0.3, -0.25) is 4.79 Å². The molecule has 4 aromatic carbocycles. The van der Waals surface area contributed by atoms with E-state index in [1.54, 1.807) is 94.2 Å². The van der Waals surface area contributed by atoms with Crippen LogP contribution in [0.25, 0.3) is 43.6 Å². The normalized spacial score (nSPS) is 14.7. The summed E-state index contributed by atoms with van der Waals surface area (Å²) in [6.45, 7) is 4.70. The molecule has 2 aliphatic heterocycles. The molecule has 0 saturated carbocycles. The van der Waals surface area contributed by atoms with Gasteiger partial charge in [0, 0.05) is 79.2 Å². The van der Waals surface area contributed by atoms with Crippen molar-refractivity contribution < 1.29 is 42.0 Å². The number of piperidine rings is 2. The Labute approximate surface area is 359 Å². The van der Waals surface area contributed by atoms with E-state index in [4.69, 9.17) is 28.4 Å². The van der Waals surface area contributed by atoms with Crippen LogP contribution in [0.5, 0.6) is 46.3 Å². The van der Waals surface area contributed by atoms with Crippen molar-refractivity contribution in [3.05, 3.63) is 97.3 Å². The molecule has 0 bridgehead atoms. The molecule has 8 aromatic rings. The lowest BCUT2D eigenvalue weighted by atomic mass is 10.1. The number of carbonyl (C=O) groups is 1. The Morgan fingerprint density at radius 2 is 1.08 bits per heavy atom. The van der Waals surface area contributed by atoms with Gasteiger partial charge in [-0.15, -0.1) is 0 Å². The fraction of sp³-hybridized carbons (Fsp3) is 0.283. The average Bonchev–Trinajstić information content (AvgIpc) is 4.00. The second-order valence-corrected chi connectivity index (χ2v) is 15.1. The number of halogens is 2. The predicted molar refractivity (Wildman–Crippen MR) is 231 cm³/mol. The zero-order chi connectivity index (χ0) is 43.5. The monoisotopic (exact) mass is 858 g/mol. The van der Waals surface area contributed by atoms with Crippen LogP contribution in [0, 0.1) is 11.6 Å². The van der Waals surface area contributed by atoms with Crippen molar-refractivity contribution in [2.45, 2.75) is 44.8 Å². The van der Waals surface area contributed by atoms with Crippen molar-refractivity contribution in [3.8, 4) is 46.3 Å². The fourth-order valence-corrected chi connectivity index (χ4v) is 7.83. The van der Waals surface area contributed by atoms with Crippen LogP contribution >= 0.6 is 0 Å².